The molecule has 3 rings (SSSR count). The number of carbonyl (C=O) groups is 2. The van der Waals surface area contributed by atoms with Crippen LogP contribution in [0.25, 0.3) is 11.0 Å². The van der Waals surface area contributed by atoms with Crippen LogP contribution in [0.1, 0.15) is 23.4 Å². The molecule has 2 N–H and O–H groups in total. The number of aliphatic carboxylic acids is 1. The quantitative estimate of drug-likeness (QED) is 0.908. The van der Waals surface area contributed by atoms with Crippen molar-refractivity contribution in [1.29, 1.82) is 0 Å². The molecule has 6 heteroatoms. The molecule has 2 aromatic rings. The number of nitrogens with one attached hydrogen (secondary N) is 1. The van der Waals surface area contributed by atoms with E-state index >= 15 is 0 Å². The third kappa shape index (κ3) is 2.25. The van der Waals surface area contributed by atoms with Gasteiger partial charge >= 0.3 is 5.97 Å². The van der Waals surface area contributed by atoms with Gasteiger partial charge in [0.05, 0.1) is 5.41 Å². The van der Waals surface area contributed by atoms with Crippen molar-refractivity contribution >= 4 is 34.4 Å². The van der Waals surface area contributed by atoms with Crippen molar-refractivity contribution in [2.75, 3.05) is 6.54 Å². The Bertz CT molecular complexity index is 702. The van der Waals surface area contributed by atoms with E-state index in [2.05, 4.69) is 5.32 Å². The fraction of sp³-hybridized carbons (Fsp3) is 0.286. The van der Waals surface area contributed by atoms with Crippen LogP contribution in [0, 0.1) is 5.41 Å². The number of halogens is 1. The zero-order valence-corrected chi connectivity index (χ0v) is 11.2. The number of carboxylic acid groups (broad SMARTS) is 1. The number of carbonyl (C=O) groups excluding carboxylic acids is 1. The smallest absolute Gasteiger partial charge is 0.311 e. The molecule has 5 nitrogen and oxygen atoms in total. The summed E-state index contributed by atoms with van der Waals surface area (Å²) >= 11 is 5.86. The third-order valence-electron chi connectivity index (χ3n) is 3.60. The largest absolute Gasteiger partial charge is 0.481 e. The molecular formula is C14H12ClNO4. The predicted molar refractivity (Wildman–Crippen MR) is 72.9 cm³/mol. The van der Waals surface area contributed by atoms with Gasteiger partial charge < -0.3 is 14.8 Å². The van der Waals surface area contributed by atoms with Gasteiger partial charge in [0.25, 0.3) is 5.91 Å². The van der Waals surface area contributed by atoms with E-state index in [1.807, 2.05) is 0 Å². The van der Waals surface area contributed by atoms with E-state index in [0.717, 1.165) is 5.39 Å². The molecular weight excluding hydrogens is 282 g/mol. The zero-order valence-electron chi connectivity index (χ0n) is 10.5. The van der Waals surface area contributed by atoms with E-state index in [1.54, 1.807) is 24.3 Å². The molecule has 0 unspecified atom stereocenters. The summed E-state index contributed by atoms with van der Waals surface area (Å²) in [6.07, 6.45) is 1.19. The summed E-state index contributed by atoms with van der Waals surface area (Å²) in [7, 11) is 0. The second kappa shape index (κ2) is 4.52. The molecule has 1 saturated carbocycles. The van der Waals surface area contributed by atoms with E-state index in [-0.39, 0.29) is 12.3 Å². The van der Waals surface area contributed by atoms with Gasteiger partial charge in [-0.25, -0.2) is 0 Å². The molecule has 1 amide bonds. The van der Waals surface area contributed by atoms with Crippen molar-refractivity contribution in [1.82, 2.24) is 5.32 Å². The lowest BCUT2D eigenvalue weighted by Gasteiger charge is -2.09. The third-order valence-corrected chi connectivity index (χ3v) is 3.83. The van der Waals surface area contributed by atoms with Crippen LogP contribution in [0.5, 0.6) is 0 Å². The van der Waals surface area contributed by atoms with Crippen LogP contribution in [0.15, 0.2) is 28.7 Å². The summed E-state index contributed by atoms with van der Waals surface area (Å²) in [5, 5.41) is 13.0. The highest BCUT2D eigenvalue weighted by molar-refractivity contribution is 6.31. The number of fused-ring (bicyclic) bond motifs is 1. The number of hydrogen-bond acceptors (Lipinski definition) is 3. The summed E-state index contributed by atoms with van der Waals surface area (Å²) < 4.78 is 5.41. The average Bonchev–Trinajstić information content (AvgIpc) is 3.09. The molecule has 0 spiro atoms. The van der Waals surface area contributed by atoms with E-state index in [4.69, 9.17) is 21.1 Å². The van der Waals surface area contributed by atoms with Crippen LogP contribution in [0.3, 0.4) is 0 Å². The first kappa shape index (κ1) is 13.0. The molecule has 0 bridgehead atoms. The number of hydrogen-bond donors (Lipinski definition) is 2. The second-order valence-electron chi connectivity index (χ2n) is 5.06. The van der Waals surface area contributed by atoms with E-state index in [9.17, 15) is 9.59 Å². The van der Waals surface area contributed by atoms with Crippen molar-refractivity contribution in [3.8, 4) is 0 Å². The topological polar surface area (TPSA) is 79.5 Å². The monoisotopic (exact) mass is 293 g/mol. The Morgan fingerprint density at radius 1 is 1.35 bits per heavy atom. The molecule has 0 radical (unpaired) electrons. The van der Waals surface area contributed by atoms with Gasteiger partial charge in [-0.3, -0.25) is 9.59 Å². The second-order valence-corrected chi connectivity index (χ2v) is 5.50. The minimum atomic E-state index is -0.866. The van der Waals surface area contributed by atoms with Gasteiger partial charge in [0.15, 0.2) is 5.76 Å². The van der Waals surface area contributed by atoms with Crippen molar-refractivity contribution in [3.63, 3.8) is 0 Å². The van der Waals surface area contributed by atoms with Crippen LogP contribution in [-0.4, -0.2) is 23.5 Å². The molecule has 1 aromatic heterocycles. The van der Waals surface area contributed by atoms with Gasteiger partial charge in [-0.2, -0.15) is 0 Å². The minimum Gasteiger partial charge on any atom is -0.481 e. The van der Waals surface area contributed by atoms with Gasteiger partial charge in [0, 0.05) is 17.0 Å². The molecule has 0 aliphatic heterocycles. The molecule has 1 fully saturated rings. The molecule has 104 valence electrons. The van der Waals surface area contributed by atoms with Crippen LogP contribution >= 0.6 is 11.6 Å². The SMILES string of the molecule is O=C(NCC1(C(=O)O)CC1)c1cc2cc(Cl)ccc2o1. The van der Waals surface area contributed by atoms with Crippen LogP contribution in [0.2, 0.25) is 5.02 Å². The van der Waals surface area contributed by atoms with Gasteiger partial charge in [0.1, 0.15) is 5.58 Å². The maximum absolute atomic E-state index is 12.0. The van der Waals surface area contributed by atoms with Crippen molar-refractivity contribution < 1.29 is 19.1 Å². The number of rotatable bonds is 4. The van der Waals surface area contributed by atoms with E-state index < -0.39 is 17.3 Å². The zero-order chi connectivity index (χ0) is 14.3. The van der Waals surface area contributed by atoms with Gasteiger partial charge in [0.2, 0.25) is 0 Å². The molecule has 0 atom stereocenters. The first-order chi connectivity index (χ1) is 9.50. The summed E-state index contributed by atoms with van der Waals surface area (Å²) in [5.74, 6) is -1.12. The summed E-state index contributed by atoms with van der Waals surface area (Å²) in [4.78, 5) is 23.0. The standard InChI is InChI=1S/C14H12ClNO4/c15-9-1-2-10-8(5-9)6-11(20-10)12(17)16-7-14(3-4-14)13(18)19/h1-2,5-6H,3-4,7H2,(H,16,17)(H,18,19). The lowest BCUT2D eigenvalue weighted by molar-refractivity contribution is -0.143. The molecule has 1 aliphatic rings. The first-order valence-electron chi connectivity index (χ1n) is 6.21. The van der Waals surface area contributed by atoms with Crippen LogP contribution < -0.4 is 5.32 Å². The Morgan fingerprint density at radius 3 is 2.75 bits per heavy atom. The molecule has 1 aromatic carbocycles. The van der Waals surface area contributed by atoms with Gasteiger partial charge in [-0.1, -0.05) is 11.6 Å². The lowest BCUT2D eigenvalue weighted by atomic mass is 10.1. The van der Waals surface area contributed by atoms with Crippen LogP contribution in [0.4, 0.5) is 0 Å². The van der Waals surface area contributed by atoms with E-state index in [0.29, 0.717) is 23.4 Å². The average molecular weight is 294 g/mol. The normalized spacial score (nSPS) is 16.1. The Labute approximate surface area is 119 Å². The molecule has 20 heavy (non-hydrogen) atoms. The van der Waals surface area contributed by atoms with Crippen molar-refractivity contribution in [2.45, 2.75) is 12.8 Å². The fourth-order valence-electron chi connectivity index (χ4n) is 2.08. The molecule has 1 aliphatic carbocycles. The first-order valence-corrected chi connectivity index (χ1v) is 6.59. The number of amides is 1. The molecule has 1 heterocycles. The van der Waals surface area contributed by atoms with Crippen molar-refractivity contribution in [2.24, 2.45) is 5.41 Å². The van der Waals surface area contributed by atoms with E-state index in [1.165, 1.54) is 0 Å². The Morgan fingerprint density at radius 2 is 2.10 bits per heavy atom. The predicted octanol–water partition coefficient (Wildman–Crippen LogP) is 2.68. The summed E-state index contributed by atoms with van der Waals surface area (Å²) in [5.41, 5.74) is -0.218. The number of benzene rings is 1. The van der Waals surface area contributed by atoms with Gasteiger partial charge in [-0.05, 0) is 37.1 Å². The fourth-order valence-corrected chi connectivity index (χ4v) is 2.26. The maximum atomic E-state index is 12.0. The highest BCUT2D eigenvalue weighted by atomic mass is 35.5. The minimum absolute atomic E-state index is 0.124. The molecule has 0 saturated heterocycles. The lowest BCUT2D eigenvalue weighted by Crippen LogP contribution is -2.34. The highest BCUT2D eigenvalue weighted by Crippen LogP contribution is 2.45. The van der Waals surface area contributed by atoms with Gasteiger partial charge in [-0.15, -0.1) is 0 Å². The Balaban J connectivity index is 1.74. The number of carboxylic acids is 1. The number of furan rings is 1. The maximum Gasteiger partial charge on any atom is 0.311 e. The Hall–Kier alpha value is -2.01. The summed E-state index contributed by atoms with van der Waals surface area (Å²) in [6.45, 7) is 0.124. The summed E-state index contributed by atoms with van der Waals surface area (Å²) in [6, 6.07) is 6.67. The highest BCUT2D eigenvalue weighted by Gasteiger charge is 2.50. The Kier molecular flexibility index (Phi) is 2.94. The van der Waals surface area contributed by atoms with Crippen LogP contribution in [-0.2, 0) is 4.79 Å². The van der Waals surface area contributed by atoms with Crippen molar-refractivity contribution in [3.05, 3.63) is 35.0 Å².